The number of aliphatic hydroxyl groups excluding tert-OH is 1. The molecule has 1 aliphatic rings. The molecule has 58 valence electrons. The number of ether oxygens (including phenoxy) is 1. The van der Waals surface area contributed by atoms with Crippen molar-refractivity contribution in [3.05, 3.63) is 30.1 Å². The van der Waals surface area contributed by atoms with Gasteiger partial charge < -0.3 is 9.84 Å². The Labute approximate surface area is 64.6 Å². The predicted molar refractivity (Wildman–Crippen MR) is 38.9 cm³/mol. The van der Waals surface area contributed by atoms with Crippen LogP contribution in [-0.2, 0) is 4.74 Å². The van der Waals surface area contributed by atoms with Gasteiger partial charge >= 0.3 is 0 Å². The van der Waals surface area contributed by atoms with E-state index in [4.69, 9.17) is 9.84 Å². The summed E-state index contributed by atoms with van der Waals surface area (Å²) in [5, 5.41) is 8.68. The van der Waals surface area contributed by atoms with Crippen LogP contribution in [0.3, 0.4) is 0 Å². The van der Waals surface area contributed by atoms with E-state index in [1.54, 1.807) is 6.20 Å². The van der Waals surface area contributed by atoms with Crippen molar-refractivity contribution in [2.75, 3.05) is 6.61 Å². The zero-order chi connectivity index (χ0) is 7.68. The minimum Gasteiger partial charge on any atom is -0.394 e. The predicted octanol–water partition coefficient (Wildman–Crippen LogP) is 0.514. The van der Waals surface area contributed by atoms with Crippen molar-refractivity contribution in [2.45, 2.75) is 12.2 Å². The fourth-order valence-corrected chi connectivity index (χ4v) is 1.09. The van der Waals surface area contributed by atoms with E-state index in [2.05, 4.69) is 4.98 Å². The minimum atomic E-state index is -0.0232. The maximum Gasteiger partial charge on any atom is 0.128 e. The lowest BCUT2D eigenvalue weighted by atomic mass is 10.2. The van der Waals surface area contributed by atoms with Crippen LogP contribution in [0.25, 0.3) is 0 Å². The molecule has 0 amide bonds. The van der Waals surface area contributed by atoms with Crippen LogP contribution in [0.15, 0.2) is 24.4 Å². The molecular formula is C8H9NO2. The van der Waals surface area contributed by atoms with Crippen LogP contribution in [-0.4, -0.2) is 22.8 Å². The van der Waals surface area contributed by atoms with Crippen LogP contribution < -0.4 is 0 Å². The third-order valence-electron chi connectivity index (χ3n) is 1.74. The Balaban J connectivity index is 2.09. The quantitative estimate of drug-likeness (QED) is 0.626. The summed E-state index contributed by atoms with van der Waals surface area (Å²) < 4.78 is 5.14. The molecule has 11 heavy (non-hydrogen) atoms. The average molecular weight is 151 g/mol. The number of epoxide rings is 1. The molecule has 1 aliphatic heterocycles. The molecule has 1 saturated heterocycles. The number of nitrogens with zero attached hydrogens (tertiary/aromatic N) is 1. The third-order valence-corrected chi connectivity index (χ3v) is 1.74. The highest BCUT2D eigenvalue weighted by atomic mass is 16.6. The highest BCUT2D eigenvalue weighted by Crippen LogP contribution is 2.36. The van der Waals surface area contributed by atoms with Crippen LogP contribution in [0.1, 0.15) is 11.8 Å². The fourth-order valence-electron chi connectivity index (χ4n) is 1.09. The number of hydrogen-bond acceptors (Lipinski definition) is 3. The number of aliphatic hydroxyl groups is 1. The zero-order valence-corrected chi connectivity index (χ0v) is 5.97. The Morgan fingerprint density at radius 2 is 2.45 bits per heavy atom. The topological polar surface area (TPSA) is 45.6 Å². The number of rotatable bonds is 2. The van der Waals surface area contributed by atoms with E-state index >= 15 is 0 Å². The molecular weight excluding hydrogens is 142 g/mol. The first kappa shape index (κ1) is 6.76. The first-order valence-electron chi connectivity index (χ1n) is 3.59. The van der Waals surface area contributed by atoms with E-state index in [-0.39, 0.29) is 18.8 Å². The van der Waals surface area contributed by atoms with Gasteiger partial charge in [0.2, 0.25) is 0 Å². The van der Waals surface area contributed by atoms with Crippen molar-refractivity contribution in [1.29, 1.82) is 0 Å². The van der Waals surface area contributed by atoms with E-state index in [0.717, 1.165) is 5.69 Å². The van der Waals surface area contributed by atoms with Crippen LogP contribution in [0.5, 0.6) is 0 Å². The third kappa shape index (κ3) is 1.25. The summed E-state index contributed by atoms with van der Waals surface area (Å²) >= 11 is 0. The summed E-state index contributed by atoms with van der Waals surface area (Å²) in [6, 6.07) is 5.68. The van der Waals surface area contributed by atoms with Gasteiger partial charge in [0.05, 0.1) is 12.3 Å². The molecule has 2 heterocycles. The van der Waals surface area contributed by atoms with Gasteiger partial charge in [-0.3, -0.25) is 4.98 Å². The Morgan fingerprint density at radius 3 is 3.00 bits per heavy atom. The highest BCUT2D eigenvalue weighted by Gasteiger charge is 2.40. The standard InChI is InChI=1S/C8H9NO2/c10-5-7-8(11-7)6-3-1-2-4-9-6/h1-4,7-8,10H,5H2. The number of aromatic nitrogens is 1. The molecule has 3 nitrogen and oxygen atoms in total. The molecule has 1 fully saturated rings. The molecule has 2 atom stereocenters. The molecule has 0 spiro atoms. The van der Waals surface area contributed by atoms with Gasteiger partial charge in [-0.1, -0.05) is 6.07 Å². The molecule has 0 bridgehead atoms. The van der Waals surface area contributed by atoms with Gasteiger partial charge in [-0.2, -0.15) is 0 Å². The lowest BCUT2D eigenvalue weighted by molar-refractivity contribution is 0.242. The van der Waals surface area contributed by atoms with E-state index in [1.807, 2.05) is 18.2 Å². The van der Waals surface area contributed by atoms with Gasteiger partial charge in [0.15, 0.2) is 0 Å². The van der Waals surface area contributed by atoms with Gasteiger partial charge in [-0.05, 0) is 12.1 Å². The molecule has 0 aliphatic carbocycles. The van der Waals surface area contributed by atoms with Crippen molar-refractivity contribution < 1.29 is 9.84 Å². The summed E-state index contributed by atoms with van der Waals surface area (Å²) in [7, 11) is 0. The van der Waals surface area contributed by atoms with Crippen molar-refractivity contribution in [2.24, 2.45) is 0 Å². The van der Waals surface area contributed by atoms with Crippen LogP contribution in [0, 0.1) is 0 Å². The molecule has 1 N–H and O–H groups in total. The Bertz CT molecular complexity index is 237. The molecule has 2 unspecified atom stereocenters. The number of pyridine rings is 1. The van der Waals surface area contributed by atoms with Crippen LogP contribution in [0.2, 0.25) is 0 Å². The molecule has 0 radical (unpaired) electrons. The van der Waals surface area contributed by atoms with Gasteiger partial charge in [-0.15, -0.1) is 0 Å². The Hall–Kier alpha value is -0.930. The summed E-state index contributed by atoms with van der Waals surface area (Å²) in [6.07, 6.45) is 1.73. The second kappa shape index (κ2) is 2.60. The Kier molecular flexibility index (Phi) is 1.60. The average Bonchev–Trinajstić information content (AvgIpc) is 2.85. The van der Waals surface area contributed by atoms with E-state index in [0.29, 0.717) is 0 Å². The molecule has 2 rings (SSSR count). The maximum atomic E-state index is 8.68. The summed E-state index contributed by atoms with van der Waals surface area (Å²) in [4.78, 5) is 4.10. The van der Waals surface area contributed by atoms with Crippen LogP contribution >= 0.6 is 0 Å². The smallest absolute Gasteiger partial charge is 0.128 e. The second-order valence-electron chi connectivity index (χ2n) is 2.53. The number of hydrogen-bond donors (Lipinski definition) is 1. The second-order valence-corrected chi connectivity index (χ2v) is 2.53. The van der Waals surface area contributed by atoms with Crippen molar-refractivity contribution in [3.63, 3.8) is 0 Å². The monoisotopic (exact) mass is 151 g/mol. The molecule has 0 aromatic carbocycles. The lowest BCUT2D eigenvalue weighted by Gasteiger charge is -1.90. The van der Waals surface area contributed by atoms with Crippen LogP contribution in [0.4, 0.5) is 0 Å². The van der Waals surface area contributed by atoms with Gasteiger partial charge in [0.1, 0.15) is 12.2 Å². The van der Waals surface area contributed by atoms with Gasteiger partial charge in [-0.25, -0.2) is 0 Å². The van der Waals surface area contributed by atoms with E-state index in [1.165, 1.54) is 0 Å². The normalized spacial score (nSPS) is 28.5. The highest BCUT2D eigenvalue weighted by molar-refractivity contribution is 5.13. The van der Waals surface area contributed by atoms with E-state index < -0.39 is 0 Å². The van der Waals surface area contributed by atoms with Crippen molar-refractivity contribution in [3.8, 4) is 0 Å². The first-order valence-corrected chi connectivity index (χ1v) is 3.59. The fraction of sp³-hybridized carbons (Fsp3) is 0.375. The van der Waals surface area contributed by atoms with Gasteiger partial charge in [0.25, 0.3) is 0 Å². The maximum absolute atomic E-state index is 8.68. The van der Waals surface area contributed by atoms with Crippen molar-refractivity contribution in [1.82, 2.24) is 4.98 Å². The first-order chi connectivity index (χ1) is 5.42. The molecule has 0 saturated carbocycles. The Morgan fingerprint density at radius 1 is 1.55 bits per heavy atom. The molecule has 3 heteroatoms. The van der Waals surface area contributed by atoms with E-state index in [9.17, 15) is 0 Å². The lowest BCUT2D eigenvalue weighted by Crippen LogP contribution is -1.95. The summed E-state index contributed by atoms with van der Waals surface area (Å²) in [6.45, 7) is 0.0846. The molecule has 1 aromatic rings. The zero-order valence-electron chi connectivity index (χ0n) is 5.97. The largest absolute Gasteiger partial charge is 0.394 e. The minimum absolute atomic E-state index is 0.0232. The molecule has 1 aromatic heterocycles. The SMILES string of the molecule is OCC1OC1c1ccccn1. The summed E-state index contributed by atoms with van der Waals surface area (Å²) in [5.41, 5.74) is 0.909. The summed E-state index contributed by atoms with van der Waals surface area (Å²) in [5.74, 6) is 0. The van der Waals surface area contributed by atoms with Crippen molar-refractivity contribution >= 4 is 0 Å². The van der Waals surface area contributed by atoms with Gasteiger partial charge in [0, 0.05) is 6.20 Å².